The zero-order valence-corrected chi connectivity index (χ0v) is 22.3. The Bertz CT molecular complexity index is 1630. The fourth-order valence-corrected chi connectivity index (χ4v) is 4.49. The van der Waals surface area contributed by atoms with Gasteiger partial charge in [0.2, 0.25) is 5.95 Å². The van der Waals surface area contributed by atoms with Gasteiger partial charge in [0.05, 0.1) is 61.8 Å². The van der Waals surface area contributed by atoms with E-state index in [1.807, 2.05) is 12.1 Å². The summed E-state index contributed by atoms with van der Waals surface area (Å²) in [5.74, 6) is 0.329. The average Bonchev–Trinajstić information content (AvgIpc) is 2.98. The number of nitrogens with zero attached hydrogens (tertiary/aromatic N) is 3. The number of ether oxygens (including phenoxy) is 3. The SMILES string of the molecule is COc1ccc(CNc2ccc(C#N)cc2Nc2ncc(N)c(NC3CCOc4c(F)cc(F)cc43)n2)c(OC)c1. The lowest BCUT2D eigenvalue weighted by Gasteiger charge is -2.27. The summed E-state index contributed by atoms with van der Waals surface area (Å²) in [6.45, 7) is 0.651. The molecule has 0 aliphatic carbocycles. The monoisotopic (exact) mass is 559 g/mol. The molecule has 10 nitrogen and oxygen atoms in total. The van der Waals surface area contributed by atoms with Crippen molar-refractivity contribution < 1.29 is 23.0 Å². The summed E-state index contributed by atoms with van der Waals surface area (Å²) in [5.41, 5.74) is 9.28. The van der Waals surface area contributed by atoms with Crippen molar-refractivity contribution in [3.05, 3.63) is 83.1 Å². The number of fused-ring (bicyclic) bond motifs is 1. The highest BCUT2D eigenvalue weighted by atomic mass is 19.1. The lowest BCUT2D eigenvalue weighted by Crippen LogP contribution is -2.22. The highest BCUT2D eigenvalue weighted by molar-refractivity contribution is 5.75. The second-order valence-corrected chi connectivity index (χ2v) is 9.17. The van der Waals surface area contributed by atoms with Crippen molar-refractivity contribution in [2.75, 3.05) is 42.5 Å². The molecule has 0 fully saturated rings. The Morgan fingerprint density at radius 3 is 2.73 bits per heavy atom. The van der Waals surface area contributed by atoms with E-state index in [0.29, 0.717) is 47.0 Å². The van der Waals surface area contributed by atoms with E-state index in [1.54, 1.807) is 38.5 Å². The maximum absolute atomic E-state index is 14.3. The molecule has 0 saturated heterocycles. The van der Waals surface area contributed by atoms with Crippen molar-refractivity contribution in [2.24, 2.45) is 0 Å². The normalized spacial score (nSPS) is 13.8. The maximum Gasteiger partial charge on any atom is 0.229 e. The predicted octanol–water partition coefficient (Wildman–Crippen LogP) is 5.52. The molecule has 3 aromatic carbocycles. The van der Waals surface area contributed by atoms with Crippen molar-refractivity contribution in [1.29, 1.82) is 5.26 Å². The first-order chi connectivity index (χ1) is 19.9. The van der Waals surface area contributed by atoms with Crippen molar-refractivity contribution >= 4 is 28.8 Å². The van der Waals surface area contributed by atoms with Gasteiger partial charge in [-0.25, -0.2) is 13.8 Å². The number of hydrogen-bond donors (Lipinski definition) is 4. The summed E-state index contributed by atoms with van der Waals surface area (Å²) in [7, 11) is 3.17. The van der Waals surface area contributed by atoms with Crippen LogP contribution in [-0.2, 0) is 6.54 Å². The van der Waals surface area contributed by atoms with Gasteiger partial charge in [0.25, 0.3) is 0 Å². The lowest BCUT2D eigenvalue weighted by atomic mass is 10.00. The summed E-state index contributed by atoms with van der Waals surface area (Å²) >= 11 is 0. The molecule has 1 atom stereocenters. The summed E-state index contributed by atoms with van der Waals surface area (Å²) in [6, 6.07) is 14.3. The third-order valence-corrected chi connectivity index (χ3v) is 6.55. The van der Waals surface area contributed by atoms with Crippen LogP contribution in [0.1, 0.15) is 29.2 Å². The molecule has 1 aromatic heterocycles. The van der Waals surface area contributed by atoms with Crippen LogP contribution in [0.25, 0.3) is 0 Å². The van der Waals surface area contributed by atoms with Crippen LogP contribution in [0.2, 0.25) is 0 Å². The molecule has 12 heteroatoms. The minimum atomic E-state index is -0.769. The van der Waals surface area contributed by atoms with Gasteiger partial charge < -0.3 is 35.9 Å². The molecule has 41 heavy (non-hydrogen) atoms. The van der Waals surface area contributed by atoms with Gasteiger partial charge in [0.1, 0.15) is 17.3 Å². The van der Waals surface area contributed by atoms with Gasteiger partial charge >= 0.3 is 0 Å². The quantitative estimate of drug-likeness (QED) is 0.207. The van der Waals surface area contributed by atoms with Crippen LogP contribution >= 0.6 is 0 Å². The Kier molecular flexibility index (Phi) is 7.87. The number of halogens is 2. The molecular formula is C29H27F2N7O3. The molecule has 0 saturated carbocycles. The molecular weight excluding hydrogens is 532 g/mol. The number of nitrogens with two attached hydrogens (primary N) is 1. The lowest BCUT2D eigenvalue weighted by molar-refractivity contribution is 0.259. The molecule has 210 valence electrons. The number of methoxy groups -OCH3 is 2. The Labute approximate surface area is 235 Å². The van der Waals surface area contributed by atoms with Gasteiger partial charge in [-0.15, -0.1) is 0 Å². The molecule has 5 rings (SSSR count). The zero-order valence-electron chi connectivity index (χ0n) is 22.3. The highest BCUT2D eigenvalue weighted by Gasteiger charge is 2.26. The van der Waals surface area contributed by atoms with Crippen LogP contribution in [-0.4, -0.2) is 30.8 Å². The highest BCUT2D eigenvalue weighted by Crippen LogP contribution is 2.38. The maximum atomic E-state index is 14.3. The number of nitrogens with one attached hydrogen (secondary N) is 3. The van der Waals surface area contributed by atoms with Crippen LogP contribution < -0.4 is 35.9 Å². The van der Waals surface area contributed by atoms with Crippen molar-refractivity contribution in [3.63, 3.8) is 0 Å². The van der Waals surface area contributed by atoms with E-state index in [4.69, 9.17) is 19.9 Å². The minimum absolute atomic E-state index is 0.00125. The first-order valence-electron chi connectivity index (χ1n) is 12.6. The smallest absolute Gasteiger partial charge is 0.229 e. The number of anilines is 5. The van der Waals surface area contributed by atoms with E-state index < -0.39 is 17.7 Å². The predicted molar refractivity (Wildman–Crippen MR) is 151 cm³/mol. The van der Waals surface area contributed by atoms with Gasteiger partial charge in [-0.3, -0.25) is 0 Å². The van der Waals surface area contributed by atoms with Gasteiger partial charge in [-0.05, 0) is 36.4 Å². The number of benzene rings is 3. The Hall–Kier alpha value is -5.31. The molecule has 4 aromatic rings. The number of rotatable bonds is 9. The Morgan fingerprint density at radius 1 is 1.10 bits per heavy atom. The summed E-state index contributed by atoms with van der Waals surface area (Å²) in [5, 5.41) is 19.1. The molecule has 1 aliphatic rings. The van der Waals surface area contributed by atoms with E-state index in [9.17, 15) is 14.0 Å². The fraction of sp³-hybridized carbons (Fsp3) is 0.207. The molecule has 5 N–H and O–H groups in total. The Morgan fingerprint density at radius 2 is 1.95 bits per heavy atom. The van der Waals surface area contributed by atoms with E-state index >= 15 is 0 Å². The van der Waals surface area contributed by atoms with Crippen LogP contribution in [0.4, 0.5) is 37.6 Å². The Balaban J connectivity index is 1.39. The third-order valence-electron chi connectivity index (χ3n) is 6.55. The van der Waals surface area contributed by atoms with E-state index in [1.165, 1.54) is 12.3 Å². The van der Waals surface area contributed by atoms with Crippen LogP contribution in [0.15, 0.2) is 54.7 Å². The molecule has 0 radical (unpaired) electrons. The van der Waals surface area contributed by atoms with E-state index in [2.05, 4.69) is 32.0 Å². The molecule has 2 heterocycles. The fourth-order valence-electron chi connectivity index (χ4n) is 4.49. The molecule has 0 amide bonds. The first kappa shape index (κ1) is 27.3. The minimum Gasteiger partial charge on any atom is -0.497 e. The number of hydrogen-bond acceptors (Lipinski definition) is 10. The van der Waals surface area contributed by atoms with Gasteiger partial charge in [0.15, 0.2) is 17.4 Å². The third kappa shape index (κ3) is 5.99. The second kappa shape index (κ2) is 11.8. The van der Waals surface area contributed by atoms with Gasteiger partial charge in [-0.1, -0.05) is 0 Å². The number of aromatic nitrogens is 2. The molecule has 0 bridgehead atoms. The van der Waals surface area contributed by atoms with Crippen LogP contribution in [0, 0.1) is 23.0 Å². The number of nitriles is 1. The van der Waals surface area contributed by atoms with Crippen molar-refractivity contribution in [1.82, 2.24) is 9.97 Å². The standard InChI is InChI=1S/C29H27F2N7O3/c1-39-19-5-4-17(26(12-19)40-2)14-34-24-6-3-16(13-32)9-25(24)37-29-35-15-22(33)28(38-29)36-23-7-8-41-27-20(23)10-18(30)11-21(27)31/h3-6,9-12,15,23,34H,7-8,14,33H2,1-2H3,(H2,35,36,37,38). The zero-order chi connectivity index (χ0) is 28.9. The molecule has 1 unspecified atom stereocenters. The van der Waals surface area contributed by atoms with E-state index in [0.717, 1.165) is 11.6 Å². The average molecular weight is 560 g/mol. The largest absolute Gasteiger partial charge is 0.497 e. The van der Waals surface area contributed by atoms with Crippen LogP contribution in [0.3, 0.4) is 0 Å². The van der Waals surface area contributed by atoms with E-state index in [-0.39, 0.29) is 29.8 Å². The molecule has 1 aliphatic heterocycles. The second-order valence-electron chi connectivity index (χ2n) is 9.17. The van der Waals surface area contributed by atoms with Crippen molar-refractivity contribution in [3.8, 4) is 23.3 Å². The van der Waals surface area contributed by atoms with Gasteiger partial charge in [0, 0.05) is 36.2 Å². The molecule has 0 spiro atoms. The van der Waals surface area contributed by atoms with Gasteiger partial charge in [-0.2, -0.15) is 10.2 Å². The van der Waals surface area contributed by atoms with Crippen LogP contribution in [0.5, 0.6) is 17.2 Å². The summed E-state index contributed by atoms with van der Waals surface area (Å²) in [6.07, 6.45) is 1.86. The summed E-state index contributed by atoms with van der Waals surface area (Å²) < 4.78 is 44.4. The number of nitrogen functional groups attached to an aromatic ring is 1. The first-order valence-corrected chi connectivity index (χ1v) is 12.6. The van der Waals surface area contributed by atoms with Crippen molar-refractivity contribution in [2.45, 2.75) is 19.0 Å². The summed E-state index contributed by atoms with van der Waals surface area (Å²) in [4.78, 5) is 8.79. The topological polar surface area (TPSA) is 139 Å².